The summed E-state index contributed by atoms with van der Waals surface area (Å²) in [5, 5.41) is 2.23. The SMILES string of the molecule is COc1cc(C(=O)Nc2cc(C(F)(F)F)ccn2)cc(F)c1-c1nc([C@@H]2CC[C@@H]3N(C2)C(=O)CC3(C)C)n2c(F)cnc(N)c12. The van der Waals surface area contributed by atoms with Crippen LogP contribution in [0.3, 0.4) is 0 Å². The lowest BCUT2D eigenvalue weighted by molar-refractivity contribution is -0.137. The highest BCUT2D eigenvalue weighted by Crippen LogP contribution is 2.46. The number of carbonyl (C=O) groups is 2. The monoisotopic (exact) mass is 629 g/mol. The Kier molecular flexibility index (Phi) is 7.16. The highest BCUT2D eigenvalue weighted by Gasteiger charge is 2.48. The number of methoxy groups -OCH3 is 1. The van der Waals surface area contributed by atoms with Crippen LogP contribution in [0.5, 0.6) is 5.75 Å². The number of imidazole rings is 1. The van der Waals surface area contributed by atoms with Crippen LogP contribution in [0.25, 0.3) is 16.8 Å². The quantitative estimate of drug-likeness (QED) is 0.282. The van der Waals surface area contributed by atoms with Crippen molar-refractivity contribution in [2.45, 2.75) is 51.2 Å². The number of pyridine rings is 1. The molecule has 2 amide bonds. The minimum absolute atomic E-state index is 0.000602. The number of rotatable bonds is 5. The number of nitrogens with zero attached hydrogens (tertiary/aromatic N) is 5. The number of hydrogen-bond donors (Lipinski definition) is 2. The van der Waals surface area contributed by atoms with Crippen LogP contribution >= 0.6 is 0 Å². The summed E-state index contributed by atoms with van der Waals surface area (Å²) in [5.41, 5.74) is 4.30. The van der Waals surface area contributed by atoms with Crippen LogP contribution in [0.1, 0.15) is 60.8 Å². The van der Waals surface area contributed by atoms with Crippen LogP contribution in [0, 0.1) is 17.2 Å². The number of ether oxygens (including phenoxy) is 1. The predicted molar refractivity (Wildman–Crippen MR) is 152 cm³/mol. The molecular formula is C30H28F5N7O3. The first-order chi connectivity index (χ1) is 21.2. The average molecular weight is 630 g/mol. The third-order valence-electron chi connectivity index (χ3n) is 8.55. The second-order valence-electron chi connectivity index (χ2n) is 11.9. The second kappa shape index (κ2) is 10.7. The van der Waals surface area contributed by atoms with Crippen molar-refractivity contribution >= 4 is 29.0 Å². The Bertz CT molecular complexity index is 1860. The van der Waals surface area contributed by atoms with Gasteiger partial charge in [-0.2, -0.15) is 17.6 Å². The van der Waals surface area contributed by atoms with Gasteiger partial charge >= 0.3 is 6.18 Å². The highest BCUT2D eigenvalue weighted by molar-refractivity contribution is 6.05. The van der Waals surface area contributed by atoms with Gasteiger partial charge in [-0.15, -0.1) is 0 Å². The minimum Gasteiger partial charge on any atom is -0.496 e. The lowest BCUT2D eigenvalue weighted by Gasteiger charge is -2.39. The van der Waals surface area contributed by atoms with Gasteiger partial charge in [0.05, 0.1) is 24.4 Å². The van der Waals surface area contributed by atoms with E-state index in [4.69, 9.17) is 10.5 Å². The van der Waals surface area contributed by atoms with Crippen molar-refractivity contribution in [1.82, 2.24) is 24.3 Å². The van der Waals surface area contributed by atoms with Crippen molar-refractivity contribution in [2.24, 2.45) is 5.41 Å². The Balaban J connectivity index is 1.40. The average Bonchev–Trinajstić information content (AvgIpc) is 3.49. The fraction of sp³-hybridized carbons (Fsp3) is 0.367. The van der Waals surface area contributed by atoms with E-state index in [0.717, 1.165) is 28.9 Å². The molecule has 2 aliphatic rings. The van der Waals surface area contributed by atoms with E-state index in [9.17, 15) is 22.8 Å². The first-order valence-corrected chi connectivity index (χ1v) is 14.0. The van der Waals surface area contributed by atoms with Gasteiger partial charge < -0.3 is 20.7 Å². The first-order valence-electron chi connectivity index (χ1n) is 14.0. The summed E-state index contributed by atoms with van der Waals surface area (Å²) in [5.74, 6) is -3.64. The molecule has 6 rings (SSSR count). The maximum atomic E-state index is 15.9. The molecule has 3 aromatic heterocycles. The number of anilines is 2. The summed E-state index contributed by atoms with van der Waals surface area (Å²) in [7, 11) is 1.22. The maximum Gasteiger partial charge on any atom is 0.416 e. The Hall–Kier alpha value is -4.82. The molecule has 4 aromatic rings. The van der Waals surface area contributed by atoms with Gasteiger partial charge in [0.1, 0.15) is 40.2 Å². The third-order valence-corrected chi connectivity index (χ3v) is 8.55. The normalized spacial score (nSPS) is 19.6. The summed E-state index contributed by atoms with van der Waals surface area (Å²) in [4.78, 5) is 39.9. The van der Waals surface area contributed by atoms with Gasteiger partial charge in [0.2, 0.25) is 11.9 Å². The van der Waals surface area contributed by atoms with Gasteiger partial charge in [-0.05, 0) is 42.5 Å². The molecule has 2 aliphatic heterocycles. The van der Waals surface area contributed by atoms with E-state index in [1.54, 1.807) is 4.90 Å². The van der Waals surface area contributed by atoms with E-state index >= 15 is 8.78 Å². The smallest absolute Gasteiger partial charge is 0.416 e. The molecule has 0 unspecified atom stereocenters. The molecule has 2 saturated heterocycles. The fourth-order valence-electron chi connectivity index (χ4n) is 6.43. The molecule has 10 nitrogen and oxygen atoms in total. The largest absolute Gasteiger partial charge is 0.496 e. The zero-order chi connectivity index (χ0) is 32.4. The molecule has 5 heterocycles. The van der Waals surface area contributed by atoms with Crippen LogP contribution < -0.4 is 15.8 Å². The van der Waals surface area contributed by atoms with E-state index in [1.165, 1.54) is 13.2 Å². The zero-order valence-corrected chi connectivity index (χ0v) is 24.4. The number of nitrogens with one attached hydrogen (secondary N) is 1. The summed E-state index contributed by atoms with van der Waals surface area (Å²) in [6, 6.07) is 3.45. The lowest BCUT2D eigenvalue weighted by Crippen LogP contribution is -2.44. The summed E-state index contributed by atoms with van der Waals surface area (Å²) in [6.07, 6.45) is -1.21. The van der Waals surface area contributed by atoms with Crippen LogP contribution in [-0.4, -0.2) is 55.8 Å². The number of hydrogen-bond acceptors (Lipinski definition) is 7. The Morgan fingerprint density at radius 1 is 1.16 bits per heavy atom. The summed E-state index contributed by atoms with van der Waals surface area (Å²) in [6.45, 7) is 4.37. The van der Waals surface area contributed by atoms with Crippen molar-refractivity contribution in [1.29, 1.82) is 0 Å². The fourth-order valence-corrected chi connectivity index (χ4v) is 6.43. The van der Waals surface area contributed by atoms with Gasteiger partial charge in [0.15, 0.2) is 0 Å². The van der Waals surface area contributed by atoms with Crippen molar-refractivity contribution in [3.05, 3.63) is 65.4 Å². The number of piperidine rings is 1. The molecule has 0 spiro atoms. The third kappa shape index (κ3) is 5.19. The number of nitrogen functional groups attached to an aromatic ring is 1. The number of halogens is 5. The number of alkyl halides is 3. The van der Waals surface area contributed by atoms with Crippen molar-refractivity contribution in [2.75, 3.05) is 24.7 Å². The van der Waals surface area contributed by atoms with Crippen molar-refractivity contribution in [3.63, 3.8) is 0 Å². The summed E-state index contributed by atoms with van der Waals surface area (Å²) >= 11 is 0. The van der Waals surface area contributed by atoms with E-state index in [-0.39, 0.29) is 63.6 Å². The van der Waals surface area contributed by atoms with Crippen LogP contribution in [0.4, 0.5) is 33.6 Å². The zero-order valence-electron chi connectivity index (χ0n) is 24.4. The van der Waals surface area contributed by atoms with Gasteiger partial charge in [0, 0.05) is 36.7 Å². The van der Waals surface area contributed by atoms with E-state index in [2.05, 4.69) is 20.3 Å². The molecule has 15 heteroatoms. The number of carbonyl (C=O) groups excluding carboxylic acids is 2. The molecule has 2 fully saturated rings. The van der Waals surface area contributed by atoms with E-state index < -0.39 is 41.1 Å². The van der Waals surface area contributed by atoms with Gasteiger partial charge in [-0.3, -0.25) is 14.0 Å². The second-order valence-corrected chi connectivity index (χ2v) is 11.9. The lowest BCUT2D eigenvalue weighted by atomic mass is 9.79. The van der Waals surface area contributed by atoms with Gasteiger partial charge in [-0.1, -0.05) is 13.8 Å². The number of nitrogens with two attached hydrogens (primary N) is 1. The number of fused-ring (bicyclic) bond motifs is 2. The molecule has 0 saturated carbocycles. The molecule has 2 atom stereocenters. The topological polar surface area (TPSA) is 128 Å². The van der Waals surface area contributed by atoms with E-state index in [0.29, 0.717) is 25.3 Å². The molecule has 236 valence electrons. The van der Waals surface area contributed by atoms with Crippen molar-refractivity contribution < 1.29 is 36.3 Å². The van der Waals surface area contributed by atoms with Crippen LogP contribution in [-0.2, 0) is 11.0 Å². The van der Waals surface area contributed by atoms with Crippen LogP contribution in [0.2, 0.25) is 0 Å². The minimum atomic E-state index is -4.66. The standard InChI is InChI=1S/C30H28F5N7O3/c1-29(2)11-22(43)41-13-14(4-5-19(29)41)27-40-24(25-26(36)38-12-20(32)42(25)27)23-17(31)8-15(9-18(23)45-3)28(44)39-21-10-16(6-7-37-21)30(33,34)35/h6-10,12,14,19H,4-5,11,13H2,1-3H3,(H2,36,38)(H,37,39,44)/t14-,19+/m1/s1. The highest BCUT2D eigenvalue weighted by atomic mass is 19.4. The van der Waals surface area contributed by atoms with Crippen molar-refractivity contribution in [3.8, 4) is 17.0 Å². The van der Waals surface area contributed by atoms with Gasteiger partial charge in [-0.25, -0.2) is 19.3 Å². The number of aromatic nitrogens is 4. The summed E-state index contributed by atoms with van der Waals surface area (Å²) < 4.78 is 77.2. The predicted octanol–water partition coefficient (Wildman–Crippen LogP) is 5.44. The molecular weight excluding hydrogens is 601 g/mol. The van der Waals surface area contributed by atoms with E-state index in [1.807, 2.05) is 13.8 Å². The Morgan fingerprint density at radius 3 is 2.62 bits per heavy atom. The van der Waals surface area contributed by atoms with Crippen LogP contribution in [0.15, 0.2) is 36.7 Å². The molecule has 0 bridgehead atoms. The molecule has 3 N–H and O–H groups in total. The van der Waals surface area contributed by atoms with Gasteiger partial charge in [0.25, 0.3) is 5.91 Å². The first kappa shape index (κ1) is 30.2. The number of amides is 2. The molecule has 1 aromatic carbocycles. The molecule has 0 aliphatic carbocycles. The number of benzene rings is 1. The Morgan fingerprint density at radius 2 is 1.91 bits per heavy atom. The molecule has 45 heavy (non-hydrogen) atoms. The maximum absolute atomic E-state index is 15.9. The Labute approximate surface area is 253 Å². The molecule has 0 radical (unpaired) electrons.